The standard InChI is InChI=1S/C17H22N4O2/c1-2-23-16(13-8-9-13)12-21-11-15(19-20-21)10-18-17(22)14-6-4-3-5-7-14/h3-7,11,13,16H,2,8-10,12H2,1H3,(H,18,22). The number of nitrogens with zero attached hydrogens (tertiary/aromatic N) is 3. The molecule has 1 aromatic carbocycles. The van der Waals surface area contributed by atoms with Gasteiger partial charge in [0.25, 0.3) is 5.91 Å². The molecule has 1 aromatic heterocycles. The van der Waals surface area contributed by atoms with Crippen LogP contribution in [0.3, 0.4) is 0 Å². The summed E-state index contributed by atoms with van der Waals surface area (Å²) in [6.45, 7) is 3.83. The molecule has 1 heterocycles. The second-order valence-electron chi connectivity index (χ2n) is 5.81. The van der Waals surface area contributed by atoms with Gasteiger partial charge in [0.05, 0.1) is 25.4 Å². The summed E-state index contributed by atoms with van der Waals surface area (Å²) in [4.78, 5) is 12.0. The predicted molar refractivity (Wildman–Crippen MR) is 85.8 cm³/mol. The fourth-order valence-corrected chi connectivity index (χ4v) is 2.58. The summed E-state index contributed by atoms with van der Waals surface area (Å²) in [7, 11) is 0. The molecule has 2 aromatic rings. The second kappa shape index (κ2) is 7.37. The summed E-state index contributed by atoms with van der Waals surface area (Å²) < 4.78 is 7.58. The van der Waals surface area contributed by atoms with Gasteiger partial charge in [-0.05, 0) is 37.8 Å². The molecule has 3 rings (SSSR count). The molecule has 1 fully saturated rings. The van der Waals surface area contributed by atoms with E-state index in [0.717, 1.165) is 18.8 Å². The average molecular weight is 314 g/mol. The number of benzene rings is 1. The van der Waals surface area contributed by atoms with Crippen LogP contribution in [0.2, 0.25) is 0 Å². The Morgan fingerprint density at radius 1 is 1.39 bits per heavy atom. The molecule has 23 heavy (non-hydrogen) atoms. The summed E-state index contributed by atoms with van der Waals surface area (Å²) in [5.74, 6) is 0.547. The molecule has 122 valence electrons. The molecule has 0 bridgehead atoms. The number of carbonyl (C=O) groups excluding carboxylic acids is 1. The maximum absolute atomic E-state index is 12.0. The highest BCUT2D eigenvalue weighted by Gasteiger charge is 2.32. The van der Waals surface area contributed by atoms with Crippen LogP contribution in [0.15, 0.2) is 36.5 Å². The number of amides is 1. The number of nitrogens with one attached hydrogen (secondary N) is 1. The van der Waals surface area contributed by atoms with Crippen LogP contribution >= 0.6 is 0 Å². The number of hydrogen-bond acceptors (Lipinski definition) is 4. The van der Waals surface area contributed by atoms with E-state index in [4.69, 9.17) is 4.74 Å². The van der Waals surface area contributed by atoms with Crippen LogP contribution in [-0.4, -0.2) is 33.6 Å². The molecule has 0 spiro atoms. The highest BCUT2D eigenvalue weighted by atomic mass is 16.5. The van der Waals surface area contributed by atoms with E-state index < -0.39 is 0 Å². The van der Waals surface area contributed by atoms with E-state index in [0.29, 0.717) is 18.0 Å². The first-order valence-electron chi connectivity index (χ1n) is 8.10. The van der Waals surface area contributed by atoms with Gasteiger partial charge in [0.15, 0.2) is 0 Å². The topological polar surface area (TPSA) is 69.0 Å². The summed E-state index contributed by atoms with van der Waals surface area (Å²) in [5.41, 5.74) is 1.39. The maximum Gasteiger partial charge on any atom is 0.251 e. The van der Waals surface area contributed by atoms with Gasteiger partial charge in [-0.3, -0.25) is 4.79 Å². The summed E-state index contributed by atoms with van der Waals surface area (Å²) in [6.07, 6.45) is 4.56. The fraction of sp³-hybridized carbons (Fsp3) is 0.471. The second-order valence-corrected chi connectivity index (χ2v) is 5.81. The van der Waals surface area contributed by atoms with Crippen molar-refractivity contribution in [2.24, 2.45) is 5.92 Å². The minimum atomic E-state index is -0.106. The van der Waals surface area contributed by atoms with Crippen molar-refractivity contribution in [2.75, 3.05) is 6.61 Å². The van der Waals surface area contributed by atoms with Crippen LogP contribution in [-0.2, 0) is 17.8 Å². The Hall–Kier alpha value is -2.21. The fourth-order valence-electron chi connectivity index (χ4n) is 2.58. The smallest absolute Gasteiger partial charge is 0.251 e. The Kier molecular flexibility index (Phi) is 5.02. The third-order valence-electron chi connectivity index (χ3n) is 3.95. The lowest BCUT2D eigenvalue weighted by Gasteiger charge is -2.15. The number of carbonyl (C=O) groups is 1. The third-order valence-corrected chi connectivity index (χ3v) is 3.95. The average Bonchev–Trinajstić information content (AvgIpc) is 3.33. The van der Waals surface area contributed by atoms with Crippen LogP contribution in [0.4, 0.5) is 0 Å². The molecule has 1 amide bonds. The number of hydrogen-bond donors (Lipinski definition) is 1. The SMILES string of the molecule is CCOC(Cn1cc(CNC(=O)c2ccccc2)nn1)C1CC1. The predicted octanol–water partition coefficient (Wildman–Crippen LogP) is 2.02. The molecular weight excluding hydrogens is 292 g/mol. The van der Waals surface area contributed by atoms with E-state index >= 15 is 0 Å². The van der Waals surface area contributed by atoms with E-state index in [1.165, 1.54) is 12.8 Å². The van der Waals surface area contributed by atoms with E-state index in [1.807, 2.05) is 36.0 Å². The lowest BCUT2D eigenvalue weighted by atomic mass is 10.2. The van der Waals surface area contributed by atoms with E-state index in [2.05, 4.69) is 15.6 Å². The van der Waals surface area contributed by atoms with Crippen molar-refractivity contribution in [3.8, 4) is 0 Å². The van der Waals surface area contributed by atoms with E-state index in [1.54, 1.807) is 12.1 Å². The van der Waals surface area contributed by atoms with Gasteiger partial charge >= 0.3 is 0 Å². The van der Waals surface area contributed by atoms with Crippen LogP contribution < -0.4 is 5.32 Å². The molecule has 0 radical (unpaired) electrons. The first-order chi connectivity index (χ1) is 11.3. The zero-order valence-electron chi connectivity index (χ0n) is 13.3. The van der Waals surface area contributed by atoms with Crippen LogP contribution in [0.25, 0.3) is 0 Å². The minimum absolute atomic E-state index is 0.106. The largest absolute Gasteiger partial charge is 0.376 e. The molecule has 1 aliphatic carbocycles. The minimum Gasteiger partial charge on any atom is -0.376 e. The lowest BCUT2D eigenvalue weighted by molar-refractivity contribution is 0.0322. The number of rotatable bonds is 8. The van der Waals surface area contributed by atoms with Gasteiger partial charge in [0.2, 0.25) is 0 Å². The quantitative estimate of drug-likeness (QED) is 0.809. The molecular formula is C17H22N4O2. The van der Waals surface area contributed by atoms with Crippen LogP contribution in [0.5, 0.6) is 0 Å². The Morgan fingerprint density at radius 3 is 2.87 bits per heavy atom. The Balaban J connectivity index is 1.52. The van der Waals surface area contributed by atoms with Crippen molar-refractivity contribution in [3.63, 3.8) is 0 Å². The van der Waals surface area contributed by atoms with Gasteiger partial charge in [-0.2, -0.15) is 0 Å². The van der Waals surface area contributed by atoms with Crippen LogP contribution in [0, 0.1) is 5.92 Å². The Bertz CT molecular complexity index is 637. The molecule has 0 aliphatic heterocycles. The normalized spacial score (nSPS) is 15.3. The zero-order chi connectivity index (χ0) is 16.1. The van der Waals surface area contributed by atoms with Gasteiger partial charge in [0, 0.05) is 12.2 Å². The zero-order valence-corrected chi connectivity index (χ0v) is 13.3. The molecule has 1 N–H and O–H groups in total. The van der Waals surface area contributed by atoms with Crippen molar-refractivity contribution in [1.82, 2.24) is 20.3 Å². The summed E-state index contributed by atoms with van der Waals surface area (Å²) in [6, 6.07) is 9.15. The molecule has 6 heteroatoms. The maximum atomic E-state index is 12.0. The van der Waals surface area contributed by atoms with Crippen LogP contribution in [0.1, 0.15) is 35.8 Å². The highest BCUT2D eigenvalue weighted by molar-refractivity contribution is 5.93. The first kappa shape index (κ1) is 15.7. The third kappa shape index (κ3) is 4.39. The van der Waals surface area contributed by atoms with Crippen molar-refractivity contribution in [1.29, 1.82) is 0 Å². The monoisotopic (exact) mass is 314 g/mol. The Morgan fingerprint density at radius 2 is 2.17 bits per heavy atom. The molecule has 1 unspecified atom stereocenters. The number of ether oxygens (including phenoxy) is 1. The Labute approximate surface area is 135 Å². The van der Waals surface area contributed by atoms with Crippen molar-refractivity contribution >= 4 is 5.91 Å². The molecule has 0 saturated heterocycles. The van der Waals surface area contributed by atoms with Crippen molar-refractivity contribution in [3.05, 3.63) is 47.8 Å². The number of aromatic nitrogens is 3. The van der Waals surface area contributed by atoms with Gasteiger partial charge in [-0.15, -0.1) is 5.10 Å². The van der Waals surface area contributed by atoms with Crippen molar-refractivity contribution in [2.45, 2.75) is 39.0 Å². The molecule has 1 saturated carbocycles. The summed E-state index contributed by atoms with van der Waals surface area (Å²) in [5, 5.41) is 11.1. The lowest BCUT2D eigenvalue weighted by Crippen LogP contribution is -2.23. The van der Waals surface area contributed by atoms with Gasteiger partial charge in [0.1, 0.15) is 5.69 Å². The summed E-state index contributed by atoms with van der Waals surface area (Å²) >= 11 is 0. The van der Waals surface area contributed by atoms with Gasteiger partial charge in [-0.1, -0.05) is 23.4 Å². The van der Waals surface area contributed by atoms with E-state index in [9.17, 15) is 4.79 Å². The molecule has 1 aliphatic rings. The highest BCUT2D eigenvalue weighted by Crippen LogP contribution is 2.34. The van der Waals surface area contributed by atoms with E-state index in [-0.39, 0.29) is 12.0 Å². The van der Waals surface area contributed by atoms with Gasteiger partial charge < -0.3 is 10.1 Å². The first-order valence-corrected chi connectivity index (χ1v) is 8.10. The molecule has 1 atom stereocenters. The molecule has 6 nitrogen and oxygen atoms in total. The van der Waals surface area contributed by atoms with Gasteiger partial charge in [-0.25, -0.2) is 4.68 Å². The van der Waals surface area contributed by atoms with Crippen molar-refractivity contribution < 1.29 is 9.53 Å².